The Morgan fingerprint density at radius 1 is 1.47 bits per heavy atom. The van der Waals surface area contributed by atoms with Gasteiger partial charge >= 0.3 is 0 Å². The summed E-state index contributed by atoms with van der Waals surface area (Å²) in [6, 6.07) is 2.05. The van der Waals surface area contributed by atoms with E-state index < -0.39 is 0 Å². The van der Waals surface area contributed by atoms with Gasteiger partial charge in [0.2, 0.25) is 0 Å². The van der Waals surface area contributed by atoms with Crippen LogP contribution in [0.3, 0.4) is 0 Å². The Balaban J connectivity index is 2.46. The Morgan fingerprint density at radius 3 is 2.74 bits per heavy atom. The molecule has 0 radical (unpaired) electrons. The number of nitrogen functional groups attached to an aromatic ring is 1. The van der Waals surface area contributed by atoms with Gasteiger partial charge in [-0.25, -0.2) is 0 Å². The lowest BCUT2D eigenvalue weighted by Crippen LogP contribution is -2.44. The molecule has 0 aliphatic carbocycles. The van der Waals surface area contributed by atoms with Crippen LogP contribution in [0.2, 0.25) is 0 Å². The lowest BCUT2D eigenvalue weighted by molar-refractivity contribution is 0.646. The summed E-state index contributed by atoms with van der Waals surface area (Å²) in [6.45, 7) is 10.4. The predicted octanol–water partition coefficient (Wildman–Crippen LogP) is 2.31. The smallest absolute Gasteiger partial charge is 0.126 e. The third kappa shape index (κ3) is 3.03. The first kappa shape index (κ1) is 14.2. The van der Waals surface area contributed by atoms with E-state index in [1.54, 1.807) is 0 Å². The van der Waals surface area contributed by atoms with Gasteiger partial charge < -0.3 is 10.6 Å². The number of hydrogen-bond donors (Lipinski definition) is 2. The number of rotatable bonds is 2. The van der Waals surface area contributed by atoms with Crippen molar-refractivity contribution in [3.8, 4) is 0 Å². The van der Waals surface area contributed by atoms with Crippen LogP contribution >= 0.6 is 11.8 Å². The minimum Gasteiger partial charge on any atom is -0.384 e. The third-order valence-electron chi connectivity index (χ3n) is 3.34. The highest BCUT2D eigenvalue weighted by atomic mass is 32.2. The van der Waals surface area contributed by atoms with Crippen molar-refractivity contribution in [1.29, 1.82) is 5.41 Å². The van der Waals surface area contributed by atoms with Gasteiger partial charge in [-0.15, -0.1) is 0 Å². The summed E-state index contributed by atoms with van der Waals surface area (Å²) >= 11 is 2.00. The van der Waals surface area contributed by atoms with Crippen molar-refractivity contribution in [1.82, 2.24) is 4.98 Å². The minimum atomic E-state index is 0.107. The average Bonchev–Trinajstić information content (AvgIpc) is 2.25. The number of hydrogen-bond acceptors (Lipinski definition) is 4. The Kier molecular flexibility index (Phi) is 3.76. The van der Waals surface area contributed by atoms with Gasteiger partial charge in [0.05, 0.1) is 16.9 Å². The number of pyridine rings is 1. The maximum Gasteiger partial charge on any atom is 0.126 e. The van der Waals surface area contributed by atoms with Crippen molar-refractivity contribution in [3.63, 3.8) is 0 Å². The summed E-state index contributed by atoms with van der Waals surface area (Å²) in [6.07, 6.45) is 0. The normalized spacial score (nSPS) is 18.4. The SMILES string of the molecule is Cc1cc(N2CCSC(C)(C)C2)c(C(=N)N)c(C)n1. The largest absolute Gasteiger partial charge is 0.384 e. The van der Waals surface area contributed by atoms with Crippen LogP contribution in [0.1, 0.15) is 30.8 Å². The lowest BCUT2D eigenvalue weighted by Gasteiger charge is -2.39. The first-order valence-corrected chi connectivity index (χ1v) is 7.50. The van der Waals surface area contributed by atoms with Gasteiger partial charge in [0.25, 0.3) is 0 Å². The van der Waals surface area contributed by atoms with Crippen LogP contribution in [0.15, 0.2) is 6.07 Å². The highest BCUT2D eigenvalue weighted by Crippen LogP contribution is 2.34. The van der Waals surface area contributed by atoms with Gasteiger partial charge in [0.15, 0.2) is 0 Å². The number of nitrogens with two attached hydrogens (primary N) is 1. The van der Waals surface area contributed by atoms with Gasteiger partial charge in [-0.2, -0.15) is 11.8 Å². The molecule has 0 unspecified atom stereocenters. The number of aryl methyl sites for hydroxylation is 2. The van der Waals surface area contributed by atoms with Crippen LogP contribution in [0.5, 0.6) is 0 Å². The molecule has 1 aromatic heterocycles. The van der Waals surface area contributed by atoms with E-state index >= 15 is 0 Å². The van der Waals surface area contributed by atoms with Gasteiger partial charge in [0.1, 0.15) is 5.84 Å². The van der Waals surface area contributed by atoms with E-state index in [0.29, 0.717) is 0 Å². The van der Waals surface area contributed by atoms with E-state index in [9.17, 15) is 0 Å². The van der Waals surface area contributed by atoms with E-state index in [-0.39, 0.29) is 10.6 Å². The molecule has 1 fully saturated rings. The molecule has 1 aliphatic rings. The molecule has 4 nitrogen and oxygen atoms in total. The number of nitrogens with one attached hydrogen (secondary N) is 1. The zero-order valence-electron chi connectivity index (χ0n) is 12.1. The summed E-state index contributed by atoms with van der Waals surface area (Å²) in [5.74, 6) is 1.21. The summed E-state index contributed by atoms with van der Waals surface area (Å²) < 4.78 is 0.234. The van der Waals surface area contributed by atoms with E-state index in [4.69, 9.17) is 11.1 Å². The fraction of sp³-hybridized carbons (Fsp3) is 0.571. The summed E-state index contributed by atoms with van der Waals surface area (Å²) in [7, 11) is 0. The molecule has 5 heteroatoms. The fourth-order valence-electron chi connectivity index (χ4n) is 2.61. The van der Waals surface area contributed by atoms with Gasteiger partial charge in [-0.05, 0) is 33.8 Å². The zero-order chi connectivity index (χ0) is 14.2. The molecule has 3 N–H and O–H groups in total. The number of thioether (sulfide) groups is 1. The first-order chi connectivity index (χ1) is 8.80. The van der Waals surface area contributed by atoms with Crippen LogP contribution in [0.4, 0.5) is 5.69 Å². The second kappa shape index (κ2) is 5.04. The Hall–Kier alpha value is -1.23. The van der Waals surface area contributed by atoms with Crippen molar-refractivity contribution in [2.75, 3.05) is 23.7 Å². The lowest BCUT2D eigenvalue weighted by atomic mass is 10.1. The maximum absolute atomic E-state index is 7.81. The Labute approximate surface area is 119 Å². The van der Waals surface area contributed by atoms with Crippen LogP contribution in [-0.2, 0) is 0 Å². The Morgan fingerprint density at radius 2 is 2.16 bits per heavy atom. The number of aromatic nitrogens is 1. The summed E-state index contributed by atoms with van der Waals surface area (Å²) in [5, 5.41) is 7.81. The fourth-order valence-corrected chi connectivity index (χ4v) is 3.72. The molecule has 1 aromatic rings. The van der Waals surface area contributed by atoms with Crippen molar-refractivity contribution in [2.24, 2.45) is 5.73 Å². The molecule has 2 heterocycles. The average molecular weight is 278 g/mol. The van der Waals surface area contributed by atoms with Crippen molar-refractivity contribution >= 4 is 23.3 Å². The van der Waals surface area contributed by atoms with E-state index in [1.807, 2.05) is 25.6 Å². The predicted molar refractivity (Wildman–Crippen MR) is 83.5 cm³/mol. The van der Waals surface area contributed by atoms with Crippen molar-refractivity contribution in [2.45, 2.75) is 32.4 Å². The van der Waals surface area contributed by atoms with Gasteiger partial charge in [0, 0.05) is 29.3 Å². The molecule has 0 aromatic carbocycles. The molecule has 1 saturated heterocycles. The zero-order valence-corrected chi connectivity index (χ0v) is 12.9. The van der Waals surface area contributed by atoms with E-state index in [0.717, 1.165) is 41.5 Å². The monoisotopic (exact) mass is 278 g/mol. The highest BCUT2D eigenvalue weighted by molar-refractivity contribution is 8.00. The molecule has 1 aliphatic heterocycles. The second-order valence-corrected chi connectivity index (χ2v) is 7.49. The quantitative estimate of drug-likeness (QED) is 0.643. The minimum absolute atomic E-state index is 0.107. The third-order valence-corrected chi connectivity index (χ3v) is 4.64. The number of amidine groups is 1. The molecule has 2 rings (SSSR count). The number of nitrogens with zero attached hydrogens (tertiary/aromatic N) is 2. The van der Waals surface area contributed by atoms with Gasteiger partial charge in [-0.3, -0.25) is 10.4 Å². The standard InChI is InChI=1S/C14H22N4S/c1-9-7-11(12(13(15)16)10(2)17-9)18-5-6-19-14(3,4)8-18/h7H,5-6,8H2,1-4H3,(H3,15,16). The van der Waals surface area contributed by atoms with Crippen LogP contribution in [0, 0.1) is 19.3 Å². The summed E-state index contributed by atoms with van der Waals surface area (Å²) in [5.41, 5.74) is 9.42. The van der Waals surface area contributed by atoms with Crippen LogP contribution in [0.25, 0.3) is 0 Å². The van der Waals surface area contributed by atoms with Crippen LogP contribution < -0.4 is 10.6 Å². The van der Waals surface area contributed by atoms with Crippen molar-refractivity contribution in [3.05, 3.63) is 23.0 Å². The summed E-state index contributed by atoms with van der Waals surface area (Å²) in [4.78, 5) is 6.78. The molecular formula is C14H22N4S. The second-order valence-electron chi connectivity index (χ2n) is 5.69. The van der Waals surface area contributed by atoms with Crippen molar-refractivity contribution < 1.29 is 0 Å². The maximum atomic E-state index is 7.81. The first-order valence-electron chi connectivity index (χ1n) is 6.52. The molecule has 0 saturated carbocycles. The number of anilines is 1. The van der Waals surface area contributed by atoms with Crippen LogP contribution in [-0.4, -0.2) is 34.4 Å². The topological polar surface area (TPSA) is 66.0 Å². The molecule has 19 heavy (non-hydrogen) atoms. The molecule has 0 spiro atoms. The molecule has 0 amide bonds. The molecule has 104 valence electrons. The highest BCUT2D eigenvalue weighted by Gasteiger charge is 2.29. The molecule has 0 atom stereocenters. The van der Waals surface area contributed by atoms with Gasteiger partial charge in [-0.1, -0.05) is 0 Å². The van der Waals surface area contributed by atoms with E-state index in [2.05, 4.69) is 29.8 Å². The molecular weight excluding hydrogens is 256 g/mol. The van der Waals surface area contributed by atoms with E-state index in [1.165, 1.54) is 0 Å². The Bertz CT molecular complexity index is 510. The molecule has 0 bridgehead atoms.